The largest absolute Gasteiger partial charge is 0.290 e. The van der Waals surface area contributed by atoms with Crippen LogP contribution in [0.1, 0.15) is 11.1 Å². The molecule has 0 aliphatic rings. The van der Waals surface area contributed by atoms with Crippen LogP contribution in [-0.2, 0) is 0 Å². The average molecular weight is 503 g/mol. The quantitative estimate of drug-likeness (QED) is 0.194. The van der Waals surface area contributed by atoms with E-state index in [0.29, 0.717) is 16.1 Å². The van der Waals surface area contributed by atoms with E-state index in [2.05, 4.69) is 20.5 Å². The molecule has 1 heterocycles. The topological polar surface area (TPSA) is 137 Å². The fourth-order valence-electron chi connectivity index (χ4n) is 3.07. The second kappa shape index (κ2) is 10.6. The molecule has 0 saturated heterocycles. The van der Waals surface area contributed by atoms with Crippen LogP contribution in [0, 0.1) is 21.4 Å². The molecule has 3 aromatic carbocycles. The first-order valence-electron chi connectivity index (χ1n) is 10.1. The smallest absolute Gasteiger partial charge is 0.270 e. The lowest BCUT2D eigenvalue weighted by Crippen LogP contribution is -2.16. The molecule has 0 aliphatic carbocycles. The molecule has 172 valence electrons. The number of halogens is 1. The van der Waals surface area contributed by atoms with Crippen LogP contribution in [0.3, 0.4) is 0 Å². The molecule has 0 aliphatic heterocycles. The lowest BCUT2D eigenvalue weighted by molar-refractivity contribution is -0.384. The van der Waals surface area contributed by atoms with Gasteiger partial charge in [0.15, 0.2) is 0 Å². The number of aromatic nitrogens is 2. The van der Waals surface area contributed by atoms with Crippen LogP contribution in [0.5, 0.6) is 0 Å². The molecule has 9 nitrogen and oxygen atoms in total. The van der Waals surface area contributed by atoms with E-state index in [4.69, 9.17) is 11.6 Å². The number of nitrogens with one attached hydrogen (secondary N) is 2. The Labute approximate surface area is 208 Å². The molecule has 0 amide bonds. The van der Waals surface area contributed by atoms with Gasteiger partial charge in [-0.3, -0.25) is 19.9 Å². The van der Waals surface area contributed by atoms with Gasteiger partial charge in [-0.2, -0.15) is 10.4 Å². The van der Waals surface area contributed by atoms with E-state index < -0.39 is 10.5 Å². The fourth-order valence-corrected chi connectivity index (χ4v) is 4.09. The fraction of sp³-hybridized carbons (Fsp3) is 0. The van der Waals surface area contributed by atoms with E-state index in [-0.39, 0.29) is 22.9 Å². The van der Waals surface area contributed by atoms with E-state index in [0.717, 1.165) is 9.79 Å². The van der Waals surface area contributed by atoms with Crippen molar-refractivity contribution in [1.29, 1.82) is 5.26 Å². The maximum atomic E-state index is 12.4. The van der Waals surface area contributed by atoms with E-state index in [9.17, 15) is 20.2 Å². The molecule has 0 atom stereocenters. The van der Waals surface area contributed by atoms with Crippen molar-refractivity contribution in [2.45, 2.75) is 9.79 Å². The highest BCUT2D eigenvalue weighted by atomic mass is 35.5. The SMILES string of the molecule is N#Cc1c(-c2ccccc2)nc(NN=Cc2cc([N+](=O)[O-])ccc2Sc2ccc(Cl)cc2)[nH]c1=O. The highest BCUT2D eigenvalue weighted by Crippen LogP contribution is 2.32. The molecule has 2 N–H and O–H groups in total. The summed E-state index contributed by atoms with van der Waals surface area (Å²) in [5, 5.41) is 25.4. The number of anilines is 1. The minimum atomic E-state index is -0.617. The van der Waals surface area contributed by atoms with E-state index in [1.165, 1.54) is 30.1 Å². The number of nitro benzene ring substituents is 1. The van der Waals surface area contributed by atoms with E-state index in [1.807, 2.05) is 24.3 Å². The standard InChI is InChI=1S/C24H15ClN6O3S/c25-17-6-9-19(10-7-17)35-21-11-8-18(31(33)34)12-16(21)14-27-30-24-28-22(15-4-2-1-3-5-15)20(13-26)23(32)29-24/h1-12,14H,(H2,28,29,30,32). The van der Waals surface area contributed by atoms with Crippen molar-refractivity contribution < 1.29 is 4.92 Å². The highest BCUT2D eigenvalue weighted by Gasteiger charge is 2.14. The second-order valence-corrected chi connectivity index (χ2v) is 8.57. The van der Waals surface area contributed by atoms with E-state index >= 15 is 0 Å². The zero-order chi connectivity index (χ0) is 24.8. The van der Waals surface area contributed by atoms with Crippen molar-refractivity contribution in [1.82, 2.24) is 9.97 Å². The van der Waals surface area contributed by atoms with Crippen LogP contribution < -0.4 is 11.0 Å². The van der Waals surface area contributed by atoms with Gasteiger partial charge in [-0.05, 0) is 30.3 Å². The Bertz CT molecular complexity index is 1520. The Morgan fingerprint density at radius 1 is 1.14 bits per heavy atom. The first-order chi connectivity index (χ1) is 16.9. The first kappa shape index (κ1) is 23.7. The molecule has 4 rings (SSSR count). The molecule has 0 bridgehead atoms. The van der Waals surface area contributed by atoms with Gasteiger partial charge in [0.2, 0.25) is 5.95 Å². The highest BCUT2D eigenvalue weighted by molar-refractivity contribution is 7.99. The van der Waals surface area contributed by atoms with Crippen molar-refractivity contribution >= 4 is 41.2 Å². The van der Waals surface area contributed by atoms with Crippen molar-refractivity contribution in [3.8, 4) is 17.3 Å². The van der Waals surface area contributed by atoms with Gasteiger partial charge in [0.1, 0.15) is 11.6 Å². The molecule has 0 fully saturated rings. The van der Waals surface area contributed by atoms with Gasteiger partial charge in [0.25, 0.3) is 11.2 Å². The molecular formula is C24H15ClN6O3S. The monoisotopic (exact) mass is 502 g/mol. The van der Waals surface area contributed by atoms with Crippen LogP contribution in [-0.4, -0.2) is 21.1 Å². The number of non-ortho nitro benzene ring substituents is 1. The van der Waals surface area contributed by atoms with Crippen molar-refractivity contribution in [2.75, 3.05) is 5.43 Å². The Kier molecular flexibility index (Phi) is 7.21. The van der Waals surface area contributed by atoms with Gasteiger partial charge in [0, 0.05) is 38.1 Å². The van der Waals surface area contributed by atoms with Crippen LogP contribution in [0.2, 0.25) is 5.02 Å². The van der Waals surface area contributed by atoms with E-state index in [1.54, 1.807) is 42.5 Å². The number of nitro groups is 1. The normalized spacial score (nSPS) is 10.7. The first-order valence-corrected chi connectivity index (χ1v) is 11.2. The molecule has 11 heteroatoms. The Morgan fingerprint density at radius 3 is 2.57 bits per heavy atom. The summed E-state index contributed by atoms with van der Waals surface area (Å²) in [5.74, 6) is 0.0152. The number of rotatable bonds is 7. The third-order valence-corrected chi connectivity index (χ3v) is 6.05. The lowest BCUT2D eigenvalue weighted by atomic mass is 10.1. The summed E-state index contributed by atoms with van der Waals surface area (Å²) in [4.78, 5) is 31.6. The summed E-state index contributed by atoms with van der Waals surface area (Å²) in [6.45, 7) is 0. The van der Waals surface area contributed by atoms with Crippen molar-refractivity contribution in [2.24, 2.45) is 5.10 Å². The predicted octanol–water partition coefficient (Wildman–Crippen LogP) is 5.47. The molecule has 0 unspecified atom stereocenters. The van der Waals surface area contributed by atoms with Gasteiger partial charge < -0.3 is 0 Å². The molecule has 0 spiro atoms. The van der Waals surface area contributed by atoms with Crippen molar-refractivity contribution in [3.63, 3.8) is 0 Å². The summed E-state index contributed by atoms with van der Waals surface area (Å²) in [6.07, 6.45) is 1.39. The number of nitrogens with zero attached hydrogens (tertiary/aromatic N) is 4. The number of benzene rings is 3. The maximum absolute atomic E-state index is 12.4. The number of hydrogen-bond acceptors (Lipinski definition) is 8. The van der Waals surface area contributed by atoms with Gasteiger partial charge in [0.05, 0.1) is 16.8 Å². The number of aromatic amines is 1. The van der Waals surface area contributed by atoms with Crippen LogP contribution >= 0.6 is 23.4 Å². The summed E-state index contributed by atoms with van der Waals surface area (Å²) in [5.41, 5.74) is 3.10. The summed E-state index contributed by atoms with van der Waals surface area (Å²) < 4.78 is 0. The molecule has 1 aromatic heterocycles. The molecule has 35 heavy (non-hydrogen) atoms. The minimum Gasteiger partial charge on any atom is -0.290 e. The molecule has 0 saturated carbocycles. The van der Waals surface area contributed by atoms with Gasteiger partial charge in [-0.25, -0.2) is 10.4 Å². The Balaban J connectivity index is 1.64. The molecular weight excluding hydrogens is 488 g/mol. The maximum Gasteiger partial charge on any atom is 0.270 e. The zero-order valence-electron chi connectivity index (χ0n) is 17.8. The third-order valence-electron chi connectivity index (χ3n) is 4.70. The summed E-state index contributed by atoms with van der Waals surface area (Å²) in [6, 6.07) is 22.3. The molecule has 0 radical (unpaired) electrons. The third kappa shape index (κ3) is 5.73. The van der Waals surface area contributed by atoms with Crippen LogP contribution in [0.25, 0.3) is 11.3 Å². The minimum absolute atomic E-state index is 0.0152. The second-order valence-electron chi connectivity index (χ2n) is 7.02. The van der Waals surface area contributed by atoms with Crippen molar-refractivity contribution in [3.05, 3.63) is 109 Å². The number of nitriles is 1. The van der Waals surface area contributed by atoms with Crippen LogP contribution in [0.4, 0.5) is 11.6 Å². The number of hydrazone groups is 1. The van der Waals surface area contributed by atoms with Crippen LogP contribution in [0.15, 0.2) is 92.5 Å². The van der Waals surface area contributed by atoms with Gasteiger partial charge in [-0.1, -0.05) is 53.7 Å². The number of hydrogen-bond donors (Lipinski definition) is 2. The zero-order valence-corrected chi connectivity index (χ0v) is 19.4. The number of H-pyrrole nitrogens is 1. The predicted molar refractivity (Wildman–Crippen MR) is 135 cm³/mol. The lowest BCUT2D eigenvalue weighted by Gasteiger charge is -2.07. The Hall–Kier alpha value is -4.46. The van der Waals surface area contributed by atoms with Gasteiger partial charge in [-0.15, -0.1) is 0 Å². The molecule has 4 aromatic rings. The summed E-state index contributed by atoms with van der Waals surface area (Å²) in [7, 11) is 0. The summed E-state index contributed by atoms with van der Waals surface area (Å²) >= 11 is 7.33. The Morgan fingerprint density at radius 2 is 1.89 bits per heavy atom. The average Bonchev–Trinajstić information content (AvgIpc) is 2.86. The van der Waals surface area contributed by atoms with Gasteiger partial charge >= 0.3 is 0 Å².